The van der Waals surface area contributed by atoms with Crippen molar-refractivity contribution in [1.82, 2.24) is 13.9 Å². The van der Waals surface area contributed by atoms with E-state index in [4.69, 9.17) is 0 Å². The van der Waals surface area contributed by atoms with Crippen LogP contribution in [0.2, 0.25) is 0 Å². The number of hydrogen-bond acceptors (Lipinski definition) is 7. The van der Waals surface area contributed by atoms with Gasteiger partial charge in [0.1, 0.15) is 11.2 Å². The largest absolute Gasteiger partial charge is 0.325 e. The molecule has 1 aromatic carbocycles. The zero-order valence-corrected chi connectivity index (χ0v) is 17.2. The molecule has 0 spiro atoms. The number of nitrogens with zero attached hydrogens (tertiary/aromatic N) is 3. The minimum atomic E-state index is -3.05. The van der Waals surface area contributed by atoms with E-state index in [0.717, 1.165) is 0 Å². The van der Waals surface area contributed by atoms with Crippen LogP contribution in [0.15, 0.2) is 51.7 Å². The Hall–Kier alpha value is -2.24. The Morgan fingerprint density at radius 1 is 1.21 bits per heavy atom. The smallest absolute Gasteiger partial charge is 0.271 e. The number of aromatic nitrogens is 2. The van der Waals surface area contributed by atoms with Gasteiger partial charge < -0.3 is 5.32 Å². The predicted molar refractivity (Wildman–Crippen MR) is 113 cm³/mol. The van der Waals surface area contributed by atoms with Crippen LogP contribution in [-0.2, 0) is 11.3 Å². The van der Waals surface area contributed by atoms with Gasteiger partial charge in [0.15, 0.2) is 0 Å². The summed E-state index contributed by atoms with van der Waals surface area (Å²) in [6.07, 6.45) is 1.36. The van der Waals surface area contributed by atoms with Gasteiger partial charge in [0.05, 0.1) is 16.7 Å². The molecule has 0 unspecified atom stereocenters. The number of benzene rings is 1. The molecule has 0 bridgehead atoms. The third-order valence-electron chi connectivity index (χ3n) is 4.27. The van der Waals surface area contributed by atoms with Crippen LogP contribution in [0.25, 0.3) is 10.2 Å². The highest BCUT2D eigenvalue weighted by Crippen LogP contribution is 2.51. The highest BCUT2D eigenvalue weighted by atomic mass is 32.3. The molecule has 3 rings (SSSR count). The molecule has 0 fully saturated rings. The van der Waals surface area contributed by atoms with Crippen LogP contribution in [0, 0.1) is 0 Å². The monoisotopic (exact) mass is 422 g/mol. The van der Waals surface area contributed by atoms with Gasteiger partial charge in [-0.15, -0.1) is 22.1 Å². The Balaban J connectivity index is 1.70. The lowest BCUT2D eigenvalue weighted by Gasteiger charge is -2.41. The summed E-state index contributed by atoms with van der Waals surface area (Å²) >= 11 is 1.29. The first kappa shape index (κ1) is 20.5. The van der Waals surface area contributed by atoms with Crippen molar-refractivity contribution in [2.45, 2.75) is 25.3 Å². The van der Waals surface area contributed by atoms with Gasteiger partial charge in [-0.25, -0.2) is 9.29 Å². The molecule has 0 saturated heterocycles. The molecule has 0 aliphatic carbocycles. The Morgan fingerprint density at radius 3 is 2.54 bits per heavy atom. The van der Waals surface area contributed by atoms with Crippen LogP contribution in [0.3, 0.4) is 0 Å². The summed E-state index contributed by atoms with van der Waals surface area (Å²) in [5.74, 6) is -0.372. The summed E-state index contributed by atoms with van der Waals surface area (Å²) in [6.45, 7) is 4.58. The maximum Gasteiger partial charge on any atom is 0.271 e. The van der Waals surface area contributed by atoms with Crippen molar-refractivity contribution in [2.24, 2.45) is 0 Å². The average Bonchev–Trinajstić information content (AvgIpc) is 3.15. The van der Waals surface area contributed by atoms with E-state index >= 15 is 0 Å². The summed E-state index contributed by atoms with van der Waals surface area (Å²) in [6, 6.07) is 8.13. The van der Waals surface area contributed by atoms with Crippen molar-refractivity contribution in [3.63, 3.8) is 0 Å². The number of hydrogen-bond donors (Lipinski definition) is 3. The topological polar surface area (TPSA) is 108 Å². The summed E-state index contributed by atoms with van der Waals surface area (Å²) < 4.78 is 24.3. The van der Waals surface area contributed by atoms with E-state index in [1.807, 2.05) is 13.8 Å². The van der Waals surface area contributed by atoms with Crippen LogP contribution in [0.5, 0.6) is 0 Å². The third-order valence-corrected chi connectivity index (χ3v) is 7.30. The molecule has 0 radical (unpaired) electrons. The number of carbonyl (C=O) groups excluding carboxylic acids is 1. The first-order valence-electron chi connectivity index (χ1n) is 8.72. The van der Waals surface area contributed by atoms with E-state index in [2.05, 4.69) is 10.3 Å². The van der Waals surface area contributed by atoms with E-state index in [9.17, 15) is 18.7 Å². The molecule has 3 N–H and O–H groups in total. The Kier molecular flexibility index (Phi) is 6.16. The zero-order chi connectivity index (χ0) is 20.3. The average molecular weight is 423 g/mol. The van der Waals surface area contributed by atoms with Gasteiger partial charge in [-0.2, -0.15) is 0 Å². The molecule has 1 amide bonds. The molecule has 0 atom stereocenters. The Morgan fingerprint density at radius 2 is 1.89 bits per heavy atom. The molecule has 150 valence electrons. The highest BCUT2D eigenvalue weighted by molar-refractivity contribution is 8.22. The lowest BCUT2D eigenvalue weighted by atomic mass is 10.3. The summed E-state index contributed by atoms with van der Waals surface area (Å²) in [4.78, 5) is 29.2. The second-order valence-corrected chi connectivity index (χ2v) is 8.96. The van der Waals surface area contributed by atoms with E-state index in [0.29, 0.717) is 33.9 Å². The SMILES string of the molecule is CCN(CC)S(O)(O)c1ccc(NC(=O)Cn2cnc3ccsc3c2=O)cc1. The molecule has 28 heavy (non-hydrogen) atoms. The third kappa shape index (κ3) is 4.10. The molecule has 0 aliphatic rings. The highest BCUT2D eigenvalue weighted by Gasteiger charge is 2.22. The fourth-order valence-corrected chi connectivity index (χ4v) is 5.11. The van der Waals surface area contributed by atoms with Crippen LogP contribution < -0.4 is 10.9 Å². The number of nitrogens with one attached hydrogen (secondary N) is 1. The quantitative estimate of drug-likeness (QED) is 0.538. The fraction of sp³-hybridized carbons (Fsp3) is 0.278. The molecular weight excluding hydrogens is 400 g/mol. The molecule has 2 aromatic heterocycles. The molecular formula is C18H22N4O4S2. The van der Waals surface area contributed by atoms with Gasteiger partial charge in [-0.05, 0) is 35.7 Å². The van der Waals surface area contributed by atoms with Gasteiger partial charge in [-0.1, -0.05) is 13.8 Å². The van der Waals surface area contributed by atoms with Crippen molar-refractivity contribution in [1.29, 1.82) is 0 Å². The van der Waals surface area contributed by atoms with Gasteiger partial charge in [0.2, 0.25) is 5.91 Å². The van der Waals surface area contributed by atoms with Crippen molar-refractivity contribution < 1.29 is 13.9 Å². The van der Waals surface area contributed by atoms with Crippen LogP contribution in [0.1, 0.15) is 13.8 Å². The number of anilines is 1. The van der Waals surface area contributed by atoms with E-state index in [-0.39, 0.29) is 18.0 Å². The standard InChI is InChI=1S/C18H22N4O4S2/c1-3-22(4-2)28(25,26)14-7-5-13(6-8-14)20-16(23)11-21-12-19-15-9-10-27-17(15)18(21)24/h5-10,12,25-26H,3-4,11H2,1-2H3,(H,20,23). The summed E-state index contributed by atoms with van der Waals surface area (Å²) in [5, 5.41) is 4.49. The Labute approximate surface area is 167 Å². The number of carbonyl (C=O) groups is 1. The molecule has 0 aliphatic heterocycles. The van der Waals surface area contributed by atoms with Gasteiger partial charge in [0, 0.05) is 18.8 Å². The molecule has 10 heteroatoms. The Bertz CT molecular complexity index is 1030. The fourth-order valence-electron chi connectivity index (χ4n) is 2.80. The normalized spacial score (nSPS) is 12.5. The van der Waals surface area contributed by atoms with Crippen molar-refractivity contribution in [3.8, 4) is 0 Å². The molecule has 3 aromatic rings. The second kappa shape index (κ2) is 8.41. The first-order valence-corrected chi connectivity index (χ1v) is 11.1. The lowest BCUT2D eigenvalue weighted by molar-refractivity contribution is -0.116. The van der Waals surface area contributed by atoms with Crippen molar-refractivity contribution in [2.75, 3.05) is 18.4 Å². The van der Waals surface area contributed by atoms with Gasteiger partial charge in [0.25, 0.3) is 5.56 Å². The maximum absolute atomic E-state index is 12.3. The van der Waals surface area contributed by atoms with Gasteiger partial charge in [-0.3, -0.25) is 23.3 Å². The minimum Gasteiger partial charge on any atom is -0.325 e. The molecule has 2 heterocycles. The summed E-state index contributed by atoms with van der Waals surface area (Å²) in [5.41, 5.74) is 0.870. The van der Waals surface area contributed by atoms with E-state index < -0.39 is 10.8 Å². The van der Waals surface area contributed by atoms with Crippen LogP contribution in [0.4, 0.5) is 5.69 Å². The predicted octanol–water partition coefficient (Wildman–Crippen LogP) is 3.46. The van der Waals surface area contributed by atoms with Crippen molar-refractivity contribution >= 4 is 43.9 Å². The first-order chi connectivity index (χ1) is 13.4. The second-order valence-electron chi connectivity index (χ2n) is 6.02. The number of amides is 1. The van der Waals surface area contributed by atoms with Crippen LogP contribution in [-0.4, -0.2) is 42.0 Å². The van der Waals surface area contributed by atoms with Crippen molar-refractivity contribution in [3.05, 3.63) is 52.4 Å². The lowest BCUT2D eigenvalue weighted by Crippen LogP contribution is -2.28. The number of rotatable bonds is 7. The molecule has 0 saturated carbocycles. The van der Waals surface area contributed by atoms with E-state index in [1.165, 1.54) is 22.2 Å². The number of fused-ring (bicyclic) bond motifs is 1. The number of thiophene rings is 1. The van der Waals surface area contributed by atoms with Crippen LogP contribution >= 0.6 is 22.1 Å². The summed E-state index contributed by atoms with van der Waals surface area (Å²) in [7, 11) is -3.05. The van der Waals surface area contributed by atoms with Gasteiger partial charge >= 0.3 is 0 Å². The molecule has 8 nitrogen and oxygen atoms in total. The zero-order valence-electron chi connectivity index (χ0n) is 15.5. The van der Waals surface area contributed by atoms with E-state index in [1.54, 1.807) is 40.0 Å². The minimum absolute atomic E-state index is 0.157. The maximum atomic E-state index is 12.3.